The molecule has 2 heterocycles. The highest BCUT2D eigenvalue weighted by Gasteiger charge is 2.16. The molecule has 0 unspecified atom stereocenters. The normalized spacial score (nSPS) is 13.3. The van der Waals surface area contributed by atoms with Gasteiger partial charge in [0.2, 0.25) is 0 Å². The average Bonchev–Trinajstić information content (AvgIpc) is 3.19. The highest BCUT2D eigenvalue weighted by Crippen LogP contribution is 2.26. The molecule has 1 amide bonds. The van der Waals surface area contributed by atoms with Gasteiger partial charge < -0.3 is 14.3 Å². The number of carbonyl (C=O) groups is 1. The zero-order valence-corrected chi connectivity index (χ0v) is 18.2. The zero-order valence-electron chi connectivity index (χ0n) is 18.2. The van der Waals surface area contributed by atoms with E-state index in [9.17, 15) is 4.79 Å². The molecule has 0 fully saturated rings. The SMILES string of the molecule is CC[C@@H](C=NC(=O)OC(C)(C)C)Cc1c[nH]c2ccc(-n3c(C)ccc3C)cc12. The van der Waals surface area contributed by atoms with Gasteiger partial charge in [0.05, 0.1) is 0 Å². The Labute approximate surface area is 172 Å². The first kappa shape index (κ1) is 20.9. The van der Waals surface area contributed by atoms with Crippen LogP contribution in [0, 0.1) is 19.8 Å². The van der Waals surface area contributed by atoms with Crippen molar-refractivity contribution >= 4 is 23.2 Å². The summed E-state index contributed by atoms with van der Waals surface area (Å²) in [5.74, 6) is 0.167. The number of amides is 1. The van der Waals surface area contributed by atoms with Crippen LogP contribution in [0.5, 0.6) is 0 Å². The Morgan fingerprint density at radius 3 is 2.52 bits per heavy atom. The second kappa shape index (κ2) is 8.27. The number of ether oxygens (including phenoxy) is 1. The maximum Gasteiger partial charge on any atom is 0.433 e. The molecule has 0 saturated carbocycles. The number of aromatic amines is 1. The van der Waals surface area contributed by atoms with Crippen LogP contribution in [0.25, 0.3) is 16.6 Å². The topological polar surface area (TPSA) is 59.4 Å². The lowest BCUT2D eigenvalue weighted by Crippen LogP contribution is -2.22. The summed E-state index contributed by atoms with van der Waals surface area (Å²) in [5, 5.41) is 1.21. The van der Waals surface area contributed by atoms with Crippen LogP contribution in [0.1, 0.15) is 51.1 Å². The summed E-state index contributed by atoms with van der Waals surface area (Å²) < 4.78 is 7.53. The van der Waals surface area contributed by atoms with Crippen LogP contribution in [-0.4, -0.2) is 27.5 Å². The van der Waals surface area contributed by atoms with Gasteiger partial charge in [0.25, 0.3) is 0 Å². The number of aromatic nitrogens is 2. The minimum Gasteiger partial charge on any atom is -0.442 e. The van der Waals surface area contributed by atoms with E-state index in [1.807, 2.05) is 20.8 Å². The fourth-order valence-corrected chi connectivity index (χ4v) is 3.59. The Kier molecular flexibility index (Phi) is 5.96. The van der Waals surface area contributed by atoms with Gasteiger partial charge in [-0.2, -0.15) is 4.99 Å². The van der Waals surface area contributed by atoms with Crippen molar-refractivity contribution in [2.45, 2.75) is 60.0 Å². The van der Waals surface area contributed by atoms with Gasteiger partial charge in [-0.25, -0.2) is 4.79 Å². The Bertz CT molecular complexity index is 1010. The first-order valence-electron chi connectivity index (χ1n) is 10.2. The van der Waals surface area contributed by atoms with Gasteiger partial charge in [-0.1, -0.05) is 6.92 Å². The zero-order chi connectivity index (χ0) is 21.2. The second-order valence-electron chi connectivity index (χ2n) is 8.63. The van der Waals surface area contributed by atoms with E-state index in [2.05, 4.69) is 71.8 Å². The molecular weight excluding hydrogens is 362 g/mol. The summed E-state index contributed by atoms with van der Waals surface area (Å²) in [7, 11) is 0. The fourth-order valence-electron chi connectivity index (χ4n) is 3.59. The minimum absolute atomic E-state index is 0.167. The van der Waals surface area contributed by atoms with E-state index < -0.39 is 11.7 Å². The van der Waals surface area contributed by atoms with Gasteiger partial charge in [0, 0.05) is 40.4 Å². The van der Waals surface area contributed by atoms with Gasteiger partial charge >= 0.3 is 6.09 Å². The van der Waals surface area contributed by atoms with Crippen LogP contribution in [-0.2, 0) is 11.2 Å². The van der Waals surface area contributed by atoms with E-state index in [0.717, 1.165) is 24.0 Å². The number of aryl methyl sites for hydroxylation is 2. The second-order valence-corrected chi connectivity index (χ2v) is 8.63. The molecule has 154 valence electrons. The molecule has 2 aromatic heterocycles. The molecule has 1 aromatic carbocycles. The summed E-state index contributed by atoms with van der Waals surface area (Å²) in [4.78, 5) is 19.3. The number of benzene rings is 1. The fraction of sp³-hybridized carbons (Fsp3) is 0.417. The molecule has 1 N–H and O–H groups in total. The molecule has 0 aliphatic rings. The predicted molar refractivity (Wildman–Crippen MR) is 119 cm³/mol. The molecule has 1 atom stereocenters. The first-order chi connectivity index (χ1) is 13.7. The molecule has 5 nitrogen and oxygen atoms in total. The van der Waals surface area contributed by atoms with Gasteiger partial charge in [-0.15, -0.1) is 0 Å². The highest BCUT2D eigenvalue weighted by molar-refractivity contribution is 5.86. The maximum absolute atomic E-state index is 11.9. The van der Waals surface area contributed by atoms with Crippen LogP contribution in [0.2, 0.25) is 0 Å². The van der Waals surface area contributed by atoms with Crippen molar-refractivity contribution in [1.82, 2.24) is 9.55 Å². The summed E-state index contributed by atoms with van der Waals surface area (Å²) >= 11 is 0. The van der Waals surface area contributed by atoms with Gasteiger partial charge in [0.15, 0.2) is 0 Å². The Hall–Kier alpha value is -2.82. The predicted octanol–water partition coefficient (Wildman–Crippen LogP) is 6.15. The first-order valence-corrected chi connectivity index (χ1v) is 10.2. The van der Waals surface area contributed by atoms with Crippen molar-refractivity contribution < 1.29 is 9.53 Å². The summed E-state index contributed by atoms with van der Waals surface area (Å²) in [6, 6.07) is 10.8. The Morgan fingerprint density at radius 1 is 1.21 bits per heavy atom. The smallest absolute Gasteiger partial charge is 0.433 e. The standard InChI is InChI=1S/C24H31N3O2/c1-7-18(14-26-23(28)29-24(4,5)6)12-19-15-25-22-11-10-20(13-21(19)22)27-16(2)8-9-17(27)3/h8-11,13-15,18,25H,7,12H2,1-6H3/t18-/m1/s1. The number of hydrogen-bond donors (Lipinski definition) is 1. The third-order valence-electron chi connectivity index (χ3n) is 5.07. The highest BCUT2D eigenvalue weighted by atomic mass is 16.6. The van der Waals surface area contributed by atoms with E-state index in [-0.39, 0.29) is 5.92 Å². The van der Waals surface area contributed by atoms with E-state index in [1.54, 1.807) is 6.21 Å². The average molecular weight is 394 g/mol. The van der Waals surface area contributed by atoms with Crippen molar-refractivity contribution in [3.8, 4) is 5.69 Å². The summed E-state index contributed by atoms with van der Waals surface area (Å²) in [6.07, 6.45) is 4.98. The molecule has 0 saturated heterocycles. The number of carbonyl (C=O) groups excluding carboxylic acids is 1. The third kappa shape index (κ3) is 4.97. The van der Waals surface area contributed by atoms with E-state index >= 15 is 0 Å². The lowest BCUT2D eigenvalue weighted by molar-refractivity contribution is 0.0604. The number of H-pyrrole nitrogens is 1. The van der Waals surface area contributed by atoms with Crippen molar-refractivity contribution in [1.29, 1.82) is 0 Å². The molecule has 0 bridgehead atoms. The van der Waals surface area contributed by atoms with Crippen LogP contribution >= 0.6 is 0 Å². The van der Waals surface area contributed by atoms with Crippen LogP contribution in [0.3, 0.4) is 0 Å². The maximum atomic E-state index is 11.9. The minimum atomic E-state index is -0.532. The quantitative estimate of drug-likeness (QED) is 0.529. The molecule has 5 heteroatoms. The molecule has 3 rings (SSSR count). The summed E-state index contributed by atoms with van der Waals surface area (Å²) in [6.45, 7) is 11.9. The lowest BCUT2D eigenvalue weighted by atomic mass is 9.97. The number of nitrogens with zero attached hydrogens (tertiary/aromatic N) is 2. The lowest BCUT2D eigenvalue weighted by Gasteiger charge is -2.17. The van der Waals surface area contributed by atoms with Crippen molar-refractivity contribution in [3.05, 3.63) is 53.5 Å². The molecule has 0 aliphatic carbocycles. The third-order valence-corrected chi connectivity index (χ3v) is 5.07. The number of hydrogen-bond acceptors (Lipinski definition) is 2. The van der Waals surface area contributed by atoms with Gasteiger partial charge in [-0.05, 0) is 89.3 Å². The largest absolute Gasteiger partial charge is 0.442 e. The van der Waals surface area contributed by atoms with E-state index in [1.165, 1.54) is 22.3 Å². The Morgan fingerprint density at radius 2 is 1.90 bits per heavy atom. The number of aliphatic imine (C=N–C) groups is 1. The van der Waals surface area contributed by atoms with Gasteiger partial charge in [0.1, 0.15) is 5.60 Å². The van der Waals surface area contributed by atoms with E-state index in [0.29, 0.717) is 0 Å². The molecule has 29 heavy (non-hydrogen) atoms. The van der Waals surface area contributed by atoms with Crippen LogP contribution < -0.4 is 0 Å². The van der Waals surface area contributed by atoms with Gasteiger partial charge in [-0.3, -0.25) is 0 Å². The number of fused-ring (bicyclic) bond motifs is 1. The van der Waals surface area contributed by atoms with Crippen LogP contribution in [0.15, 0.2) is 41.5 Å². The van der Waals surface area contributed by atoms with Crippen molar-refractivity contribution in [2.24, 2.45) is 10.9 Å². The van der Waals surface area contributed by atoms with Crippen molar-refractivity contribution in [3.63, 3.8) is 0 Å². The summed E-state index contributed by atoms with van der Waals surface area (Å²) in [5.41, 5.74) is 5.41. The molecule has 0 aliphatic heterocycles. The van der Waals surface area contributed by atoms with E-state index in [4.69, 9.17) is 4.74 Å². The monoisotopic (exact) mass is 393 g/mol. The molecular formula is C24H31N3O2. The number of rotatable bonds is 5. The Balaban J connectivity index is 1.84. The molecule has 3 aromatic rings. The number of nitrogens with one attached hydrogen (secondary N) is 1. The molecule has 0 radical (unpaired) electrons. The molecule has 0 spiro atoms. The van der Waals surface area contributed by atoms with Crippen molar-refractivity contribution in [2.75, 3.05) is 0 Å². The van der Waals surface area contributed by atoms with Crippen LogP contribution in [0.4, 0.5) is 4.79 Å².